The van der Waals surface area contributed by atoms with Crippen molar-refractivity contribution in [1.29, 1.82) is 0 Å². The molecular formula is C22H27NO4. The van der Waals surface area contributed by atoms with Crippen LogP contribution in [0.4, 0.5) is 0 Å². The fraction of sp³-hybridized carbons (Fsp3) is 0.591. The first-order chi connectivity index (χ1) is 12.9. The number of carbonyl (C=O) groups is 3. The van der Waals surface area contributed by atoms with E-state index in [0.717, 1.165) is 19.3 Å². The molecule has 0 spiro atoms. The first-order valence-electron chi connectivity index (χ1n) is 10.0. The predicted octanol–water partition coefficient (Wildman–Crippen LogP) is 3.13. The summed E-state index contributed by atoms with van der Waals surface area (Å²) in [5, 5.41) is 2.63. The fourth-order valence-electron chi connectivity index (χ4n) is 5.80. The molecule has 1 aromatic rings. The number of nitrogens with one attached hydrogen (secondary N) is 1. The molecule has 0 aliphatic heterocycles. The van der Waals surface area contributed by atoms with Gasteiger partial charge in [-0.1, -0.05) is 18.2 Å². The van der Waals surface area contributed by atoms with Gasteiger partial charge in [-0.05, 0) is 75.3 Å². The summed E-state index contributed by atoms with van der Waals surface area (Å²) in [7, 11) is 0. The van der Waals surface area contributed by atoms with Gasteiger partial charge in [0.1, 0.15) is 6.04 Å². The number of rotatable bonds is 6. The van der Waals surface area contributed by atoms with Crippen molar-refractivity contribution < 1.29 is 19.1 Å². The van der Waals surface area contributed by atoms with Crippen molar-refractivity contribution in [2.75, 3.05) is 6.61 Å². The molecule has 27 heavy (non-hydrogen) atoms. The topological polar surface area (TPSA) is 72.5 Å². The zero-order valence-electron chi connectivity index (χ0n) is 15.8. The molecule has 1 N–H and O–H groups in total. The van der Waals surface area contributed by atoms with Crippen LogP contribution in [0.15, 0.2) is 30.3 Å². The molecule has 1 unspecified atom stereocenters. The maximum absolute atomic E-state index is 12.9. The van der Waals surface area contributed by atoms with Crippen LogP contribution < -0.4 is 5.32 Å². The first-order valence-corrected chi connectivity index (χ1v) is 10.0. The van der Waals surface area contributed by atoms with Crippen molar-refractivity contribution in [1.82, 2.24) is 5.32 Å². The van der Waals surface area contributed by atoms with Crippen molar-refractivity contribution in [3.05, 3.63) is 35.9 Å². The van der Waals surface area contributed by atoms with E-state index in [9.17, 15) is 14.4 Å². The average Bonchev–Trinajstić information content (AvgIpc) is 2.65. The Morgan fingerprint density at radius 3 is 2.15 bits per heavy atom. The van der Waals surface area contributed by atoms with Crippen molar-refractivity contribution in [3.63, 3.8) is 0 Å². The van der Waals surface area contributed by atoms with Crippen LogP contribution in [-0.4, -0.2) is 30.3 Å². The van der Waals surface area contributed by atoms with E-state index in [1.165, 1.54) is 19.3 Å². The lowest BCUT2D eigenvalue weighted by molar-refractivity contribution is -0.158. The van der Waals surface area contributed by atoms with E-state index in [2.05, 4.69) is 5.32 Å². The standard InChI is InChI=1S/C22H27NO4/c1-14(23-20(25)18-5-3-2-4-6-18)21(26)27-13-19(24)22-10-15-7-16(11-22)9-17(8-15)12-22/h2-6,14-17H,7-13H2,1H3,(H,23,25). The van der Waals surface area contributed by atoms with Gasteiger partial charge in [0, 0.05) is 11.0 Å². The average molecular weight is 369 g/mol. The van der Waals surface area contributed by atoms with Crippen LogP contribution in [0.25, 0.3) is 0 Å². The van der Waals surface area contributed by atoms with Gasteiger partial charge in [-0.3, -0.25) is 9.59 Å². The number of hydrogen-bond acceptors (Lipinski definition) is 4. The summed E-state index contributed by atoms with van der Waals surface area (Å²) in [5.74, 6) is 1.24. The van der Waals surface area contributed by atoms with E-state index in [1.807, 2.05) is 6.07 Å². The van der Waals surface area contributed by atoms with Gasteiger partial charge in [-0.15, -0.1) is 0 Å². The highest BCUT2D eigenvalue weighted by atomic mass is 16.5. The summed E-state index contributed by atoms with van der Waals surface area (Å²) in [5.41, 5.74) is 0.229. The Morgan fingerprint density at radius 2 is 1.59 bits per heavy atom. The van der Waals surface area contributed by atoms with Gasteiger partial charge >= 0.3 is 5.97 Å². The number of ketones is 1. The Morgan fingerprint density at radius 1 is 1.04 bits per heavy atom. The Bertz CT molecular complexity index is 707. The first kappa shape index (κ1) is 18.2. The third-order valence-corrected chi connectivity index (χ3v) is 6.71. The summed E-state index contributed by atoms with van der Waals surface area (Å²) < 4.78 is 5.29. The minimum Gasteiger partial charge on any atom is -0.456 e. The van der Waals surface area contributed by atoms with E-state index in [4.69, 9.17) is 4.74 Å². The molecular weight excluding hydrogens is 342 g/mol. The van der Waals surface area contributed by atoms with Gasteiger partial charge < -0.3 is 10.1 Å². The maximum Gasteiger partial charge on any atom is 0.328 e. The second kappa shape index (κ2) is 7.10. The van der Waals surface area contributed by atoms with Crippen LogP contribution in [0, 0.1) is 23.2 Å². The van der Waals surface area contributed by atoms with Crippen LogP contribution in [-0.2, 0) is 14.3 Å². The molecule has 0 aromatic heterocycles. The molecule has 0 radical (unpaired) electrons. The predicted molar refractivity (Wildman–Crippen MR) is 99.9 cm³/mol. The number of ether oxygens (including phenoxy) is 1. The molecule has 1 aromatic carbocycles. The Hall–Kier alpha value is -2.17. The number of esters is 1. The van der Waals surface area contributed by atoms with Crippen LogP contribution in [0.3, 0.4) is 0 Å². The zero-order valence-corrected chi connectivity index (χ0v) is 15.8. The molecule has 5 nitrogen and oxygen atoms in total. The number of amides is 1. The van der Waals surface area contributed by atoms with Crippen LogP contribution in [0.1, 0.15) is 55.8 Å². The molecule has 5 rings (SSSR count). The van der Waals surface area contributed by atoms with Crippen molar-refractivity contribution in [2.45, 2.75) is 51.5 Å². The van der Waals surface area contributed by atoms with Crippen LogP contribution >= 0.6 is 0 Å². The third-order valence-electron chi connectivity index (χ3n) is 6.71. The van der Waals surface area contributed by atoms with Crippen LogP contribution in [0.5, 0.6) is 0 Å². The quantitative estimate of drug-likeness (QED) is 0.782. The molecule has 0 saturated heterocycles. The van der Waals surface area contributed by atoms with Crippen molar-refractivity contribution >= 4 is 17.7 Å². The summed E-state index contributed by atoms with van der Waals surface area (Å²) >= 11 is 0. The van der Waals surface area contributed by atoms with Crippen molar-refractivity contribution in [2.24, 2.45) is 23.2 Å². The van der Waals surface area contributed by atoms with E-state index < -0.39 is 12.0 Å². The minimum atomic E-state index is -0.790. The van der Waals surface area contributed by atoms with Gasteiger partial charge in [0.05, 0.1) is 0 Å². The maximum atomic E-state index is 12.9. The van der Waals surface area contributed by atoms with Gasteiger partial charge in [-0.2, -0.15) is 0 Å². The molecule has 144 valence electrons. The Labute approximate surface area is 159 Å². The van der Waals surface area contributed by atoms with Crippen molar-refractivity contribution in [3.8, 4) is 0 Å². The van der Waals surface area contributed by atoms with Crippen LogP contribution in [0.2, 0.25) is 0 Å². The zero-order chi connectivity index (χ0) is 19.0. The molecule has 4 saturated carbocycles. The number of carbonyl (C=O) groups excluding carboxylic acids is 3. The minimum absolute atomic E-state index is 0.0801. The van der Waals surface area contributed by atoms with Gasteiger partial charge in [0.25, 0.3) is 5.91 Å². The van der Waals surface area contributed by atoms with E-state index in [1.54, 1.807) is 31.2 Å². The molecule has 1 amide bonds. The number of benzene rings is 1. The fourth-order valence-corrected chi connectivity index (χ4v) is 5.80. The van der Waals surface area contributed by atoms with E-state index in [0.29, 0.717) is 23.3 Å². The molecule has 5 heteroatoms. The highest BCUT2D eigenvalue weighted by Crippen LogP contribution is 2.60. The highest BCUT2D eigenvalue weighted by Gasteiger charge is 2.54. The highest BCUT2D eigenvalue weighted by molar-refractivity contribution is 5.97. The molecule has 4 aliphatic carbocycles. The molecule has 0 heterocycles. The second-order valence-corrected chi connectivity index (χ2v) is 8.79. The smallest absolute Gasteiger partial charge is 0.328 e. The lowest BCUT2D eigenvalue weighted by Gasteiger charge is -2.55. The van der Waals surface area contributed by atoms with Gasteiger partial charge in [0.2, 0.25) is 0 Å². The lowest BCUT2D eigenvalue weighted by Crippen LogP contribution is -2.51. The van der Waals surface area contributed by atoms with Gasteiger partial charge in [-0.25, -0.2) is 4.79 Å². The monoisotopic (exact) mass is 369 g/mol. The summed E-state index contributed by atoms with van der Waals surface area (Å²) in [4.78, 5) is 37.3. The summed E-state index contributed by atoms with van der Waals surface area (Å²) in [6, 6.07) is 7.93. The summed E-state index contributed by atoms with van der Waals surface area (Å²) in [6.45, 7) is 1.41. The molecule has 4 aliphatic rings. The van der Waals surface area contributed by atoms with Gasteiger partial charge in [0.15, 0.2) is 12.4 Å². The molecule has 1 atom stereocenters. The Kier molecular flexibility index (Phi) is 4.79. The number of hydrogen-bond donors (Lipinski definition) is 1. The third kappa shape index (κ3) is 3.64. The summed E-state index contributed by atoms with van der Waals surface area (Å²) in [6.07, 6.45) is 6.72. The Balaban J connectivity index is 1.30. The largest absolute Gasteiger partial charge is 0.456 e. The lowest BCUT2D eigenvalue weighted by atomic mass is 9.48. The normalized spacial score (nSPS) is 32.0. The SMILES string of the molecule is CC(NC(=O)c1ccccc1)C(=O)OCC(=O)C12CC3CC(CC(C3)C1)C2. The second-order valence-electron chi connectivity index (χ2n) is 8.79. The molecule has 4 bridgehead atoms. The molecule has 4 fully saturated rings. The van der Waals surface area contributed by atoms with E-state index >= 15 is 0 Å². The number of Topliss-reactive ketones (excluding diaryl/α,β-unsaturated/α-hetero) is 1. The van der Waals surface area contributed by atoms with E-state index in [-0.39, 0.29) is 23.7 Å².